The first-order valence-corrected chi connectivity index (χ1v) is 7.45. The fourth-order valence-corrected chi connectivity index (χ4v) is 2.57. The Kier molecular flexibility index (Phi) is 5.56. The maximum absolute atomic E-state index is 12.2. The van der Waals surface area contributed by atoms with Crippen LogP contribution in [0.15, 0.2) is 24.3 Å². The third-order valence-corrected chi connectivity index (χ3v) is 3.98. The SMILES string of the molecule is COC(=O)c1cccc(C(=O)NCC2CCN(C(=O)O)CC2)c1. The maximum Gasteiger partial charge on any atom is 0.407 e. The lowest BCUT2D eigenvalue weighted by Crippen LogP contribution is -2.40. The number of hydrogen-bond donors (Lipinski definition) is 2. The summed E-state index contributed by atoms with van der Waals surface area (Å²) in [6.07, 6.45) is 0.566. The van der Waals surface area contributed by atoms with Gasteiger partial charge in [0.1, 0.15) is 0 Å². The first kappa shape index (κ1) is 16.8. The van der Waals surface area contributed by atoms with Gasteiger partial charge in [-0.3, -0.25) is 4.79 Å². The van der Waals surface area contributed by atoms with Crippen molar-refractivity contribution in [3.8, 4) is 0 Å². The number of nitrogens with zero attached hydrogens (tertiary/aromatic N) is 1. The summed E-state index contributed by atoms with van der Waals surface area (Å²) in [5, 5.41) is 11.7. The number of hydrogen-bond acceptors (Lipinski definition) is 4. The summed E-state index contributed by atoms with van der Waals surface area (Å²) in [6.45, 7) is 1.48. The van der Waals surface area contributed by atoms with Crippen LogP contribution in [0.3, 0.4) is 0 Å². The number of amides is 2. The molecule has 1 aliphatic rings. The van der Waals surface area contributed by atoms with Gasteiger partial charge in [-0.05, 0) is 37.0 Å². The van der Waals surface area contributed by atoms with Crippen molar-refractivity contribution in [2.45, 2.75) is 12.8 Å². The number of likely N-dealkylation sites (tertiary alicyclic amines) is 1. The van der Waals surface area contributed by atoms with Crippen LogP contribution >= 0.6 is 0 Å². The molecule has 0 aliphatic carbocycles. The van der Waals surface area contributed by atoms with Crippen molar-refractivity contribution < 1.29 is 24.2 Å². The van der Waals surface area contributed by atoms with Gasteiger partial charge in [-0.2, -0.15) is 0 Å². The van der Waals surface area contributed by atoms with E-state index in [2.05, 4.69) is 10.1 Å². The summed E-state index contributed by atoms with van der Waals surface area (Å²) in [7, 11) is 1.29. The Morgan fingerprint density at radius 3 is 2.52 bits per heavy atom. The normalized spacial score (nSPS) is 15.1. The number of carboxylic acid groups (broad SMARTS) is 1. The molecule has 1 aromatic carbocycles. The minimum atomic E-state index is -0.896. The van der Waals surface area contributed by atoms with Gasteiger partial charge in [0.25, 0.3) is 5.91 Å². The molecule has 0 bridgehead atoms. The molecule has 1 fully saturated rings. The molecule has 7 nitrogen and oxygen atoms in total. The predicted octanol–water partition coefficient (Wildman–Crippen LogP) is 1.59. The highest BCUT2D eigenvalue weighted by molar-refractivity contribution is 5.97. The molecule has 0 aromatic heterocycles. The van der Waals surface area contributed by atoms with Gasteiger partial charge in [-0.15, -0.1) is 0 Å². The number of esters is 1. The number of nitrogens with one attached hydrogen (secondary N) is 1. The number of carbonyl (C=O) groups is 3. The van der Waals surface area contributed by atoms with Crippen molar-refractivity contribution in [2.24, 2.45) is 5.92 Å². The van der Waals surface area contributed by atoms with Crippen molar-refractivity contribution in [1.82, 2.24) is 10.2 Å². The van der Waals surface area contributed by atoms with Crippen LogP contribution in [0.5, 0.6) is 0 Å². The van der Waals surface area contributed by atoms with Crippen LogP contribution in [-0.4, -0.2) is 54.7 Å². The van der Waals surface area contributed by atoms with Gasteiger partial charge < -0.3 is 20.1 Å². The lowest BCUT2D eigenvalue weighted by molar-refractivity contribution is 0.0600. The average molecular weight is 320 g/mol. The molecule has 0 radical (unpaired) electrons. The molecule has 0 unspecified atom stereocenters. The Hall–Kier alpha value is -2.57. The zero-order valence-corrected chi connectivity index (χ0v) is 12.9. The zero-order chi connectivity index (χ0) is 16.8. The molecule has 1 heterocycles. The molecule has 1 saturated heterocycles. The number of ether oxygens (including phenoxy) is 1. The summed E-state index contributed by atoms with van der Waals surface area (Å²) in [5.74, 6) is -0.476. The highest BCUT2D eigenvalue weighted by Crippen LogP contribution is 2.16. The van der Waals surface area contributed by atoms with E-state index in [-0.39, 0.29) is 11.8 Å². The second kappa shape index (κ2) is 7.62. The number of rotatable bonds is 4. The minimum Gasteiger partial charge on any atom is -0.465 e. The van der Waals surface area contributed by atoms with E-state index in [0.29, 0.717) is 30.8 Å². The van der Waals surface area contributed by atoms with Gasteiger partial charge in [-0.25, -0.2) is 9.59 Å². The maximum atomic E-state index is 12.2. The van der Waals surface area contributed by atoms with Crippen molar-refractivity contribution in [1.29, 1.82) is 0 Å². The third-order valence-electron chi connectivity index (χ3n) is 3.98. The molecule has 1 aliphatic heterocycles. The fourth-order valence-electron chi connectivity index (χ4n) is 2.57. The molecular weight excluding hydrogens is 300 g/mol. The first-order chi connectivity index (χ1) is 11.0. The lowest BCUT2D eigenvalue weighted by Gasteiger charge is -2.29. The van der Waals surface area contributed by atoms with Crippen molar-refractivity contribution in [3.63, 3.8) is 0 Å². The Morgan fingerprint density at radius 1 is 1.26 bits per heavy atom. The number of piperidine rings is 1. The Morgan fingerprint density at radius 2 is 1.91 bits per heavy atom. The molecule has 0 saturated carbocycles. The summed E-state index contributed by atoms with van der Waals surface area (Å²) >= 11 is 0. The van der Waals surface area contributed by atoms with E-state index < -0.39 is 12.1 Å². The van der Waals surface area contributed by atoms with Gasteiger partial charge in [0.05, 0.1) is 12.7 Å². The summed E-state index contributed by atoms with van der Waals surface area (Å²) in [6, 6.07) is 6.35. The third kappa shape index (κ3) is 4.45. The van der Waals surface area contributed by atoms with E-state index in [0.717, 1.165) is 12.8 Å². The van der Waals surface area contributed by atoms with E-state index in [1.54, 1.807) is 18.2 Å². The van der Waals surface area contributed by atoms with E-state index in [4.69, 9.17) is 5.11 Å². The largest absolute Gasteiger partial charge is 0.465 e. The van der Waals surface area contributed by atoms with Gasteiger partial charge in [0, 0.05) is 25.2 Å². The Labute approximate surface area is 134 Å². The van der Waals surface area contributed by atoms with Crippen LogP contribution in [0, 0.1) is 5.92 Å². The zero-order valence-electron chi connectivity index (χ0n) is 12.9. The first-order valence-electron chi connectivity index (χ1n) is 7.45. The molecule has 2 rings (SSSR count). The number of methoxy groups -OCH3 is 1. The number of carbonyl (C=O) groups excluding carboxylic acids is 2. The van der Waals surface area contributed by atoms with Crippen molar-refractivity contribution in [3.05, 3.63) is 35.4 Å². The second-order valence-corrected chi connectivity index (χ2v) is 5.50. The van der Waals surface area contributed by atoms with E-state index in [1.807, 2.05) is 0 Å². The highest BCUT2D eigenvalue weighted by atomic mass is 16.5. The molecule has 0 spiro atoms. The van der Waals surface area contributed by atoms with Crippen LogP contribution in [-0.2, 0) is 4.74 Å². The monoisotopic (exact) mass is 320 g/mol. The van der Waals surface area contributed by atoms with Crippen LogP contribution in [0.1, 0.15) is 33.6 Å². The summed E-state index contributed by atoms with van der Waals surface area (Å²) in [5.41, 5.74) is 0.728. The van der Waals surface area contributed by atoms with E-state index in [9.17, 15) is 14.4 Å². The highest BCUT2D eigenvalue weighted by Gasteiger charge is 2.22. The van der Waals surface area contributed by atoms with Gasteiger partial charge in [0.15, 0.2) is 0 Å². The molecule has 2 amide bonds. The standard InChI is InChI=1S/C16H20N2O5/c1-23-15(20)13-4-2-3-12(9-13)14(19)17-10-11-5-7-18(8-6-11)16(21)22/h2-4,9,11H,5-8,10H2,1H3,(H,17,19)(H,21,22). The van der Waals surface area contributed by atoms with Crippen molar-refractivity contribution >= 4 is 18.0 Å². The topological polar surface area (TPSA) is 95.9 Å². The Bertz CT molecular complexity index is 594. The second-order valence-electron chi connectivity index (χ2n) is 5.50. The molecule has 0 atom stereocenters. The summed E-state index contributed by atoms with van der Waals surface area (Å²) < 4.78 is 4.63. The fraction of sp³-hybridized carbons (Fsp3) is 0.438. The lowest BCUT2D eigenvalue weighted by atomic mass is 9.97. The van der Waals surface area contributed by atoms with Crippen LogP contribution in [0.25, 0.3) is 0 Å². The van der Waals surface area contributed by atoms with E-state index >= 15 is 0 Å². The van der Waals surface area contributed by atoms with Crippen molar-refractivity contribution in [2.75, 3.05) is 26.7 Å². The quantitative estimate of drug-likeness (QED) is 0.821. The number of benzene rings is 1. The molecule has 124 valence electrons. The molecule has 23 heavy (non-hydrogen) atoms. The Balaban J connectivity index is 1.86. The van der Waals surface area contributed by atoms with Crippen LogP contribution < -0.4 is 5.32 Å². The summed E-state index contributed by atoms with van der Waals surface area (Å²) in [4.78, 5) is 35.9. The molecule has 7 heteroatoms. The van der Waals surface area contributed by atoms with Crippen LogP contribution in [0.4, 0.5) is 4.79 Å². The van der Waals surface area contributed by atoms with Gasteiger partial charge in [-0.1, -0.05) is 6.07 Å². The molecule has 1 aromatic rings. The van der Waals surface area contributed by atoms with Gasteiger partial charge >= 0.3 is 12.1 Å². The van der Waals surface area contributed by atoms with Crippen LogP contribution in [0.2, 0.25) is 0 Å². The van der Waals surface area contributed by atoms with Gasteiger partial charge in [0.2, 0.25) is 0 Å². The predicted molar refractivity (Wildman–Crippen MR) is 82.4 cm³/mol. The molecule has 2 N–H and O–H groups in total. The molecular formula is C16H20N2O5. The minimum absolute atomic E-state index is 0.253. The smallest absolute Gasteiger partial charge is 0.407 e. The average Bonchev–Trinajstić information content (AvgIpc) is 2.59. The van der Waals surface area contributed by atoms with E-state index in [1.165, 1.54) is 18.1 Å².